The van der Waals surface area contributed by atoms with Crippen LogP contribution in [0.2, 0.25) is 0 Å². The molecule has 0 spiro atoms. The largest absolute Gasteiger partial charge is 0.344 e. The van der Waals surface area contributed by atoms with Gasteiger partial charge in [0.1, 0.15) is 0 Å². The number of pyridine rings is 1. The van der Waals surface area contributed by atoms with Crippen molar-refractivity contribution >= 4 is 48.1 Å². The van der Waals surface area contributed by atoms with Crippen LogP contribution in [0.3, 0.4) is 0 Å². The Kier molecular flexibility index (Phi) is 9.66. The minimum Gasteiger partial charge on any atom is -0.344 e. The Morgan fingerprint density at radius 1 is 1.10 bits per heavy atom. The molecule has 0 bridgehead atoms. The second kappa shape index (κ2) is 11.5. The van der Waals surface area contributed by atoms with Gasteiger partial charge in [0.25, 0.3) is 0 Å². The van der Waals surface area contributed by atoms with E-state index >= 15 is 0 Å². The Morgan fingerprint density at radius 3 is 2.65 bits per heavy atom. The number of hydrogen-bond acceptors (Lipinski definition) is 3. The van der Waals surface area contributed by atoms with Gasteiger partial charge in [-0.3, -0.25) is 9.88 Å². The summed E-state index contributed by atoms with van der Waals surface area (Å²) in [6.45, 7) is 7.89. The third-order valence-electron chi connectivity index (χ3n) is 6.61. The fourth-order valence-electron chi connectivity index (χ4n) is 5.11. The van der Waals surface area contributed by atoms with E-state index in [1.165, 1.54) is 60.9 Å². The quantitative estimate of drug-likeness (QED) is 0.569. The van der Waals surface area contributed by atoms with Gasteiger partial charge in [-0.05, 0) is 68.6 Å². The number of aryl methyl sites for hydroxylation is 3. The Balaban J connectivity index is 0.00000114. The number of hydrogen-bond donors (Lipinski definition) is 1. The number of piperidine rings is 1. The molecule has 2 aromatic heterocycles. The maximum Gasteiger partial charge on any atom is 0.0486 e. The van der Waals surface area contributed by atoms with Gasteiger partial charge in [-0.15, -0.1) is 37.2 Å². The molecule has 31 heavy (non-hydrogen) atoms. The van der Waals surface area contributed by atoms with E-state index in [2.05, 4.69) is 51.0 Å². The number of nitrogens with zero attached hydrogens (tertiary/aromatic N) is 3. The first-order valence-corrected chi connectivity index (χ1v) is 10.7. The van der Waals surface area contributed by atoms with Crippen LogP contribution < -0.4 is 5.32 Å². The van der Waals surface area contributed by atoms with Crippen molar-refractivity contribution in [3.8, 4) is 0 Å². The predicted octanol–water partition coefficient (Wildman–Crippen LogP) is 4.96. The smallest absolute Gasteiger partial charge is 0.0486 e. The van der Waals surface area contributed by atoms with Gasteiger partial charge in [-0.2, -0.15) is 0 Å². The van der Waals surface area contributed by atoms with Crippen molar-refractivity contribution in [2.45, 2.75) is 51.7 Å². The molecule has 4 nitrogen and oxygen atoms in total. The van der Waals surface area contributed by atoms with Crippen LogP contribution in [0.4, 0.5) is 0 Å². The number of halogens is 3. The van der Waals surface area contributed by atoms with Crippen molar-refractivity contribution < 1.29 is 0 Å². The minimum atomic E-state index is 0. The summed E-state index contributed by atoms with van der Waals surface area (Å²) in [7, 11) is 0. The maximum absolute atomic E-state index is 4.29. The molecule has 0 aliphatic carbocycles. The lowest BCUT2D eigenvalue weighted by Gasteiger charge is -2.37. The van der Waals surface area contributed by atoms with Gasteiger partial charge < -0.3 is 9.88 Å². The van der Waals surface area contributed by atoms with Gasteiger partial charge in [-0.1, -0.05) is 17.7 Å². The minimum absolute atomic E-state index is 0. The average Bonchev–Trinajstić information content (AvgIpc) is 3.06. The van der Waals surface area contributed by atoms with Crippen LogP contribution in [0.5, 0.6) is 0 Å². The molecular weight excluding hydrogens is 451 g/mol. The van der Waals surface area contributed by atoms with Crippen LogP contribution >= 0.6 is 37.2 Å². The summed E-state index contributed by atoms with van der Waals surface area (Å²) in [6, 6.07) is 12.0. The van der Waals surface area contributed by atoms with Crippen molar-refractivity contribution in [1.82, 2.24) is 19.8 Å². The lowest BCUT2D eigenvalue weighted by molar-refractivity contribution is 0.146. The van der Waals surface area contributed by atoms with E-state index in [-0.39, 0.29) is 37.2 Å². The van der Waals surface area contributed by atoms with E-state index in [0.717, 1.165) is 25.6 Å². The summed E-state index contributed by atoms with van der Waals surface area (Å²) < 4.78 is 2.59. The van der Waals surface area contributed by atoms with Gasteiger partial charge >= 0.3 is 0 Å². The fourth-order valence-corrected chi connectivity index (χ4v) is 5.11. The zero-order valence-corrected chi connectivity index (χ0v) is 20.5. The summed E-state index contributed by atoms with van der Waals surface area (Å²) in [5.74, 6) is 0. The summed E-state index contributed by atoms with van der Waals surface area (Å²) in [6.07, 6.45) is 8.63. The van der Waals surface area contributed by atoms with E-state index in [1.807, 2.05) is 18.5 Å². The van der Waals surface area contributed by atoms with Crippen LogP contribution in [0, 0.1) is 6.92 Å². The highest BCUT2D eigenvalue weighted by atomic mass is 35.5. The normalized spacial score (nSPS) is 16.7. The molecule has 7 heteroatoms. The number of benzene rings is 1. The predicted molar refractivity (Wildman–Crippen MR) is 136 cm³/mol. The summed E-state index contributed by atoms with van der Waals surface area (Å²) in [4.78, 5) is 7.03. The molecule has 2 aliphatic heterocycles. The van der Waals surface area contributed by atoms with Crippen LogP contribution in [-0.4, -0.2) is 40.1 Å². The number of fused-ring (bicyclic) bond motifs is 3. The first kappa shape index (κ1) is 26.0. The Labute approximate surface area is 204 Å². The van der Waals surface area contributed by atoms with Gasteiger partial charge in [0.2, 0.25) is 0 Å². The standard InChI is InChI=1S/C24H30N4.3ClH/c1-18-4-5-23-21(15-18)22-17-27(20-6-11-25-12-7-20)13-9-24(22)28(23)14-8-19-3-2-10-26-16-19;;;/h2-5,10,15-16,20,25H,6-9,11-14,17H2,1H3;3*1H. The Bertz CT molecular complexity index is 968. The molecule has 0 unspecified atom stereocenters. The molecule has 0 amide bonds. The zero-order valence-electron chi connectivity index (χ0n) is 18.0. The zero-order chi connectivity index (χ0) is 18.9. The summed E-state index contributed by atoms with van der Waals surface area (Å²) in [5, 5.41) is 4.98. The highest BCUT2D eigenvalue weighted by Crippen LogP contribution is 2.33. The van der Waals surface area contributed by atoms with Gasteiger partial charge in [0.05, 0.1) is 0 Å². The molecule has 0 radical (unpaired) electrons. The first-order valence-electron chi connectivity index (χ1n) is 10.7. The van der Waals surface area contributed by atoms with Crippen molar-refractivity contribution in [1.29, 1.82) is 0 Å². The number of rotatable bonds is 4. The molecule has 1 aromatic carbocycles. The van der Waals surface area contributed by atoms with Crippen molar-refractivity contribution in [2.24, 2.45) is 0 Å². The van der Waals surface area contributed by atoms with E-state index < -0.39 is 0 Å². The van der Waals surface area contributed by atoms with E-state index in [0.29, 0.717) is 0 Å². The SMILES string of the molecule is Cc1ccc2c(c1)c1c(n2CCc2cccnc2)CCN(C2CCNCC2)C1.Cl.Cl.Cl. The van der Waals surface area contributed by atoms with Crippen LogP contribution in [0.25, 0.3) is 10.9 Å². The Morgan fingerprint density at radius 2 is 1.90 bits per heavy atom. The van der Waals surface area contributed by atoms with E-state index in [9.17, 15) is 0 Å². The second-order valence-corrected chi connectivity index (χ2v) is 8.41. The van der Waals surface area contributed by atoms with E-state index in [1.54, 1.807) is 11.3 Å². The van der Waals surface area contributed by atoms with Crippen LogP contribution in [-0.2, 0) is 25.9 Å². The lowest BCUT2D eigenvalue weighted by atomic mass is 9.98. The molecule has 4 heterocycles. The number of aromatic nitrogens is 2. The van der Waals surface area contributed by atoms with Gasteiger partial charge in [0.15, 0.2) is 0 Å². The summed E-state index contributed by atoms with van der Waals surface area (Å²) in [5.41, 5.74) is 7.23. The van der Waals surface area contributed by atoms with Crippen molar-refractivity contribution in [3.63, 3.8) is 0 Å². The molecule has 1 saturated heterocycles. The maximum atomic E-state index is 4.29. The molecule has 0 atom stereocenters. The van der Waals surface area contributed by atoms with Crippen molar-refractivity contribution in [3.05, 3.63) is 65.1 Å². The highest BCUT2D eigenvalue weighted by molar-refractivity contribution is 5.86. The summed E-state index contributed by atoms with van der Waals surface area (Å²) >= 11 is 0. The van der Waals surface area contributed by atoms with E-state index in [4.69, 9.17) is 0 Å². The van der Waals surface area contributed by atoms with Crippen molar-refractivity contribution in [2.75, 3.05) is 19.6 Å². The molecule has 170 valence electrons. The Hall–Kier alpha value is -1.30. The monoisotopic (exact) mass is 482 g/mol. The first-order chi connectivity index (χ1) is 13.8. The molecule has 5 rings (SSSR count). The third-order valence-corrected chi connectivity index (χ3v) is 6.61. The average molecular weight is 484 g/mol. The van der Waals surface area contributed by atoms with Gasteiger partial charge in [0, 0.05) is 61.1 Å². The number of nitrogens with one attached hydrogen (secondary N) is 1. The van der Waals surface area contributed by atoms with Crippen LogP contribution in [0.15, 0.2) is 42.7 Å². The fraction of sp³-hybridized carbons (Fsp3) is 0.458. The van der Waals surface area contributed by atoms with Gasteiger partial charge in [-0.25, -0.2) is 0 Å². The topological polar surface area (TPSA) is 33.1 Å². The van der Waals surface area contributed by atoms with Crippen LogP contribution in [0.1, 0.15) is 35.2 Å². The highest BCUT2D eigenvalue weighted by Gasteiger charge is 2.28. The second-order valence-electron chi connectivity index (χ2n) is 8.41. The molecule has 1 fully saturated rings. The molecule has 1 N–H and O–H groups in total. The molecule has 3 aromatic rings. The molecular formula is C24H33Cl3N4. The molecule has 0 saturated carbocycles. The lowest BCUT2D eigenvalue weighted by Crippen LogP contribution is -2.45. The third kappa shape index (κ3) is 5.37. The molecule has 2 aliphatic rings.